The van der Waals surface area contributed by atoms with Crippen molar-refractivity contribution < 1.29 is 18.3 Å². The van der Waals surface area contributed by atoms with E-state index in [2.05, 4.69) is 16.4 Å². The first-order chi connectivity index (χ1) is 12.7. The van der Waals surface area contributed by atoms with Crippen LogP contribution in [0.25, 0.3) is 0 Å². The van der Waals surface area contributed by atoms with Crippen LogP contribution in [0.15, 0.2) is 6.07 Å². The van der Waals surface area contributed by atoms with Crippen LogP contribution >= 0.6 is 0 Å². The fourth-order valence-electron chi connectivity index (χ4n) is 3.25. The van der Waals surface area contributed by atoms with E-state index in [1.165, 1.54) is 7.11 Å². The van der Waals surface area contributed by atoms with Crippen LogP contribution in [0.2, 0.25) is 0 Å². The molecule has 0 aromatic carbocycles. The Morgan fingerprint density at radius 1 is 1.48 bits per heavy atom. The van der Waals surface area contributed by atoms with Gasteiger partial charge < -0.3 is 15.0 Å². The zero-order chi connectivity index (χ0) is 19.8. The van der Waals surface area contributed by atoms with Crippen LogP contribution in [0, 0.1) is 17.2 Å². The number of anilines is 1. The Bertz CT molecular complexity index is 764. The lowest BCUT2D eigenvalue weighted by Gasteiger charge is -2.41. The minimum Gasteiger partial charge on any atom is -0.494 e. The summed E-state index contributed by atoms with van der Waals surface area (Å²) in [4.78, 5) is 18.8. The molecule has 1 saturated heterocycles. The highest BCUT2D eigenvalue weighted by atomic mass is 19.3. The van der Waals surface area contributed by atoms with Crippen molar-refractivity contribution in [3.63, 3.8) is 0 Å². The molecule has 8 heteroatoms. The molecule has 0 spiro atoms. The number of rotatable bonds is 7. The first-order valence-electron chi connectivity index (χ1n) is 9.16. The molecule has 1 aromatic heterocycles. The summed E-state index contributed by atoms with van der Waals surface area (Å²) < 4.78 is 31.9. The minimum atomic E-state index is -2.69. The molecule has 146 valence electrons. The molecule has 1 amide bonds. The molecule has 1 aliphatic carbocycles. The van der Waals surface area contributed by atoms with Gasteiger partial charge >= 0.3 is 0 Å². The molecule has 2 aliphatic rings. The number of nitrogens with one attached hydrogen (secondary N) is 1. The lowest BCUT2D eigenvalue weighted by atomic mass is 10.0. The number of nitriles is 1. The number of carbonyl (C=O) groups excluding carboxylic acids is 1. The summed E-state index contributed by atoms with van der Waals surface area (Å²) in [6, 6.07) is 3.08. The number of halogens is 2. The van der Waals surface area contributed by atoms with E-state index in [0.717, 1.165) is 12.8 Å². The minimum absolute atomic E-state index is 0.0967. The van der Waals surface area contributed by atoms with Crippen molar-refractivity contribution in [1.82, 2.24) is 10.3 Å². The maximum atomic E-state index is 13.3. The van der Waals surface area contributed by atoms with E-state index in [1.54, 1.807) is 11.0 Å². The van der Waals surface area contributed by atoms with Gasteiger partial charge in [0.15, 0.2) is 11.4 Å². The number of pyridine rings is 1. The number of amides is 1. The maximum Gasteiger partial charge on any atom is 0.282 e. The van der Waals surface area contributed by atoms with Crippen LogP contribution in [0.4, 0.5) is 14.5 Å². The van der Waals surface area contributed by atoms with Crippen molar-refractivity contribution in [3.05, 3.63) is 17.5 Å². The third kappa shape index (κ3) is 4.29. The molecular weight excluding hydrogens is 354 g/mol. The summed E-state index contributed by atoms with van der Waals surface area (Å²) in [5.41, 5.74) is 1.36. The highest BCUT2D eigenvalue weighted by Gasteiger charge is 2.46. The SMILES string of the molecule is COc1cc(N2CC(F)(F)C2)c(C2CC2)nc1C(=O)NC(C#N)CC(C)C. The molecule has 0 bridgehead atoms. The van der Waals surface area contributed by atoms with Crippen molar-refractivity contribution >= 4 is 11.6 Å². The quantitative estimate of drug-likeness (QED) is 0.789. The highest BCUT2D eigenvalue weighted by molar-refractivity contribution is 5.96. The second kappa shape index (κ2) is 7.29. The predicted octanol–water partition coefficient (Wildman–Crippen LogP) is 3.09. The number of hydrogen-bond donors (Lipinski definition) is 1. The van der Waals surface area contributed by atoms with Gasteiger partial charge in [0.2, 0.25) is 0 Å². The van der Waals surface area contributed by atoms with Gasteiger partial charge in [0.05, 0.1) is 37.6 Å². The van der Waals surface area contributed by atoms with E-state index in [4.69, 9.17) is 4.74 Å². The maximum absolute atomic E-state index is 13.3. The molecule has 2 heterocycles. The van der Waals surface area contributed by atoms with Gasteiger partial charge in [-0.2, -0.15) is 5.26 Å². The van der Waals surface area contributed by atoms with Crippen LogP contribution in [0.3, 0.4) is 0 Å². The summed E-state index contributed by atoms with van der Waals surface area (Å²) in [6.45, 7) is 3.23. The average molecular weight is 378 g/mol. The molecule has 0 radical (unpaired) electrons. The van der Waals surface area contributed by atoms with Crippen LogP contribution in [0.1, 0.15) is 55.2 Å². The number of aromatic nitrogens is 1. The predicted molar refractivity (Wildman–Crippen MR) is 96.2 cm³/mol. The molecule has 1 saturated carbocycles. The number of alkyl halides is 2. The average Bonchev–Trinajstić information content (AvgIpc) is 3.42. The third-order valence-corrected chi connectivity index (χ3v) is 4.75. The van der Waals surface area contributed by atoms with Gasteiger partial charge in [-0.1, -0.05) is 13.8 Å². The van der Waals surface area contributed by atoms with Crippen LogP contribution in [0.5, 0.6) is 5.75 Å². The first kappa shape index (κ1) is 19.3. The van der Waals surface area contributed by atoms with Crippen LogP contribution in [-0.2, 0) is 0 Å². The lowest BCUT2D eigenvalue weighted by molar-refractivity contribution is -0.0264. The number of ether oxygens (including phenoxy) is 1. The van der Waals surface area contributed by atoms with E-state index in [1.807, 2.05) is 13.8 Å². The van der Waals surface area contributed by atoms with Crippen molar-refractivity contribution in [1.29, 1.82) is 5.26 Å². The Morgan fingerprint density at radius 3 is 2.63 bits per heavy atom. The van der Waals surface area contributed by atoms with E-state index >= 15 is 0 Å². The zero-order valence-corrected chi connectivity index (χ0v) is 15.8. The summed E-state index contributed by atoms with van der Waals surface area (Å²) in [6.07, 6.45) is 2.37. The lowest BCUT2D eigenvalue weighted by Crippen LogP contribution is -2.56. The molecule has 2 fully saturated rings. The topological polar surface area (TPSA) is 78.2 Å². The van der Waals surface area contributed by atoms with Gasteiger partial charge in [0.25, 0.3) is 11.8 Å². The Kier molecular flexibility index (Phi) is 5.22. The van der Waals surface area contributed by atoms with Crippen molar-refractivity contribution in [2.75, 3.05) is 25.1 Å². The molecule has 1 unspecified atom stereocenters. The van der Waals surface area contributed by atoms with Gasteiger partial charge in [0.1, 0.15) is 6.04 Å². The van der Waals surface area contributed by atoms with E-state index in [-0.39, 0.29) is 36.4 Å². The fourth-order valence-corrected chi connectivity index (χ4v) is 3.25. The molecule has 1 N–H and O–H groups in total. The van der Waals surface area contributed by atoms with Crippen LogP contribution < -0.4 is 15.0 Å². The Balaban J connectivity index is 1.88. The smallest absolute Gasteiger partial charge is 0.282 e. The third-order valence-electron chi connectivity index (χ3n) is 4.75. The summed E-state index contributed by atoms with van der Waals surface area (Å²) in [5, 5.41) is 12.0. The second-order valence-corrected chi connectivity index (χ2v) is 7.71. The second-order valence-electron chi connectivity index (χ2n) is 7.71. The molecule has 1 atom stereocenters. The van der Waals surface area contributed by atoms with Crippen molar-refractivity contribution in [2.24, 2.45) is 5.92 Å². The number of carbonyl (C=O) groups is 1. The summed E-state index contributed by atoms with van der Waals surface area (Å²) in [5.74, 6) is -2.53. The monoisotopic (exact) mass is 378 g/mol. The van der Waals surface area contributed by atoms with Crippen molar-refractivity contribution in [3.8, 4) is 11.8 Å². The highest BCUT2D eigenvalue weighted by Crippen LogP contribution is 2.46. The van der Waals surface area contributed by atoms with E-state index in [9.17, 15) is 18.8 Å². The molecular formula is C19H24F2N4O2. The summed E-state index contributed by atoms with van der Waals surface area (Å²) >= 11 is 0. The van der Waals surface area contributed by atoms with Crippen molar-refractivity contribution in [2.45, 2.75) is 51.0 Å². The largest absolute Gasteiger partial charge is 0.494 e. The normalized spacial score (nSPS) is 19.2. The summed E-state index contributed by atoms with van der Waals surface area (Å²) in [7, 11) is 1.41. The fraction of sp³-hybridized carbons (Fsp3) is 0.632. The Morgan fingerprint density at radius 2 is 2.15 bits per heavy atom. The van der Waals surface area contributed by atoms with Gasteiger partial charge in [-0.15, -0.1) is 0 Å². The molecule has 1 aliphatic heterocycles. The molecule has 3 rings (SSSR count). The van der Waals surface area contributed by atoms with Crippen LogP contribution in [-0.4, -0.2) is 43.1 Å². The number of hydrogen-bond acceptors (Lipinski definition) is 5. The molecule has 6 nitrogen and oxygen atoms in total. The Labute approximate surface area is 157 Å². The first-order valence-corrected chi connectivity index (χ1v) is 9.16. The van der Waals surface area contributed by atoms with E-state index in [0.29, 0.717) is 17.8 Å². The number of nitrogens with zero attached hydrogens (tertiary/aromatic N) is 3. The molecule has 27 heavy (non-hydrogen) atoms. The standard InChI is InChI=1S/C19H24F2N4O2/c1-11(2)6-13(8-22)23-18(26)17-15(27-3)7-14(16(24-17)12-4-5-12)25-9-19(20,21)10-25/h7,11-13H,4-6,9-10H2,1-3H3,(H,23,26). The van der Waals surface area contributed by atoms with Gasteiger partial charge in [-0.3, -0.25) is 4.79 Å². The molecule has 1 aromatic rings. The van der Waals surface area contributed by atoms with Gasteiger partial charge in [-0.05, 0) is 25.2 Å². The van der Waals surface area contributed by atoms with E-state index < -0.39 is 17.9 Å². The van der Waals surface area contributed by atoms with Gasteiger partial charge in [0, 0.05) is 12.0 Å². The number of methoxy groups -OCH3 is 1. The van der Waals surface area contributed by atoms with Gasteiger partial charge in [-0.25, -0.2) is 13.8 Å². The Hall–Kier alpha value is -2.43. The zero-order valence-electron chi connectivity index (χ0n) is 15.8.